The fraction of sp³-hybridized carbons (Fsp3) is 0.688. The minimum Gasteiger partial charge on any atom is -0.377 e. The van der Waals surface area contributed by atoms with Crippen molar-refractivity contribution in [3.63, 3.8) is 0 Å². The average molecular weight is 324 g/mol. The first-order valence-electron chi connectivity index (χ1n) is 7.77. The van der Waals surface area contributed by atoms with Crippen molar-refractivity contribution in [3.05, 3.63) is 22.4 Å². The molecule has 2 saturated heterocycles. The Balaban J connectivity index is 1.69. The lowest BCUT2D eigenvalue weighted by Crippen LogP contribution is -2.46. The molecule has 22 heavy (non-hydrogen) atoms. The van der Waals surface area contributed by atoms with E-state index in [-0.39, 0.29) is 11.5 Å². The second-order valence-electron chi connectivity index (χ2n) is 6.58. The van der Waals surface area contributed by atoms with Gasteiger partial charge in [0.1, 0.15) is 5.60 Å². The molecule has 0 aliphatic carbocycles. The Bertz CT molecular complexity index is 505. The van der Waals surface area contributed by atoms with Crippen LogP contribution in [0.4, 0.5) is 0 Å². The van der Waals surface area contributed by atoms with Crippen LogP contribution in [-0.4, -0.2) is 74.9 Å². The Kier molecular flexibility index (Phi) is 4.82. The lowest BCUT2D eigenvalue weighted by molar-refractivity contribution is -0.0539. The van der Waals surface area contributed by atoms with Gasteiger partial charge < -0.3 is 19.3 Å². The van der Waals surface area contributed by atoms with E-state index in [1.807, 2.05) is 22.4 Å². The molecule has 0 radical (unpaired) electrons. The predicted octanol–water partition coefficient (Wildman–Crippen LogP) is 1.56. The zero-order valence-corrected chi connectivity index (χ0v) is 14.1. The van der Waals surface area contributed by atoms with E-state index < -0.39 is 0 Å². The first-order chi connectivity index (χ1) is 10.6. The average Bonchev–Trinajstić information content (AvgIpc) is 3.07. The Morgan fingerprint density at radius 3 is 3.14 bits per heavy atom. The second-order valence-corrected chi connectivity index (χ2v) is 7.53. The summed E-state index contributed by atoms with van der Waals surface area (Å²) in [6.45, 7) is 4.21. The Hall–Kier alpha value is -0.950. The smallest absolute Gasteiger partial charge is 0.264 e. The highest BCUT2D eigenvalue weighted by atomic mass is 32.1. The van der Waals surface area contributed by atoms with Gasteiger partial charge in [-0.25, -0.2) is 0 Å². The summed E-state index contributed by atoms with van der Waals surface area (Å²) < 4.78 is 11.9. The lowest BCUT2D eigenvalue weighted by atomic mass is 9.94. The molecule has 0 bridgehead atoms. The van der Waals surface area contributed by atoms with Crippen LogP contribution in [-0.2, 0) is 9.47 Å². The van der Waals surface area contributed by atoms with Crippen molar-refractivity contribution in [2.45, 2.75) is 12.0 Å². The van der Waals surface area contributed by atoms with E-state index in [1.54, 1.807) is 0 Å². The Morgan fingerprint density at radius 1 is 1.55 bits per heavy atom. The molecule has 3 heterocycles. The molecule has 0 N–H and O–H groups in total. The third kappa shape index (κ3) is 3.51. The number of thiophene rings is 1. The number of nitrogens with zero attached hydrogens (tertiary/aromatic N) is 2. The van der Waals surface area contributed by atoms with Crippen molar-refractivity contribution >= 4 is 17.2 Å². The van der Waals surface area contributed by atoms with E-state index in [0.717, 1.165) is 24.4 Å². The zero-order chi connectivity index (χ0) is 15.6. The topological polar surface area (TPSA) is 42.0 Å². The van der Waals surface area contributed by atoms with Crippen molar-refractivity contribution in [3.8, 4) is 0 Å². The van der Waals surface area contributed by atoms with Gasteiger partial charge in [-0.1, -0.05) is 6.07 Å². The largest absolute Gasteiger partial charge is 0.377 e. The summed E-state index contributed by atoms with van der Waals surface area (Å²) >= 11 is 1.49. The highest BCUT2D eigenvalue weighted by Gasteiger charge is 2.44. The highest BCUT2D eigenvalue weighted by Crippen LogP contribution is 2.33. The number of rotatable bonds is 3. The molecule has 1 spiro atoms. The van der Waals surface area contributed by atoms with E-state index in [4.69, 9.17) is 9.47 Å². The molecule has 0 unspecified atom stereocenters. The van der Waals surface area contributed by atoms with Gasteiger partial charge in [-0.15, -0.1) is 11.3 Å². The van der Waals surface area contributed by atoms with Crippen LogP contribution < -0.4 is 0 Å². The van der Waals surface area contributed by atoms with E-state index >= 15 is 0 Å². The van der Waals surface area contributed by atoms with Crippen LogP contribution in [0.15, 0.2) is 17.5 Å². The van der Waals surface area contributed by atoms with Crippen LogP contribution in [0.25, 0.3) is 0 Å². The SMILES string of the molecule is CN(C)C[C@@H]1CO[C@]2(COCCN(C(=O)c3cccs3)C2)C1. The maximum atomic E-state index is 12.6. The maximum Gasteiger partial charge on any atom is 0.264 e. The molecular formula is C16H24N2O3S. The normalized spacial score (nSPS) is 29.2. The van der Waals surface area contributed by atoms with Crippen molar-refractivity contribution in [1.29, 1.82) is 0 Å². The summed E-state index contributed by atoms with van der Waals surface area (Å²) in [7, 11) is 4.17. The van der Waals surface area contributed by atoms with Crippen molar-refractivity contribution in [2.75, 3.05) is 53.6 Å². The first kappa shape index (κ1) is 15.9. The molecule has 6 heteroatoms. The van der Waals surface area contributed by atoms with Crippen molar-refractivity contribution < 1.29 is 14.3 Å². The highest BCUT2D eigenvalue weighted by molar-refractivity contribution is 7.12. The minimum atomic E-state index is -0.329. The maximum absolute atomic E-state index is 12.6. The monoisotopic (exact) mass is 324 g/mol. The third-order valence-corrected chi connectivity index (χ3v) is 5.14. The molecular weight excluding hydrogens is 300 g/mol. The quantitative estimate of drug-likeness (QED) is 0.846. The molecule has 2 aliphatic rings. The fourth-order valence-electron chi connectivity index (χ4n) is 3.42. The molecule has 2 aliphatic heterocycles. The number of hydrogen-bond donors (Lipinski definition) is 0. The van der Waals surface area contributed by atoms with Crippen LogP contribution in [0.2, 0.25) is 0 Å². The Morgan fingerprint density at radius 2 is 2.41 bits per heavy atom. The van der Waals surface area contributed by atoms with E-state index in [0.29, 0.717) is 32.2 Å². The van der Waals surface area contributed by atoms with Gasteiger partial charge in [0.25, 0.3) is 5.91 Å². The van der Waals surface area contributed by atoms with Crippen LogP contribution in [0, 0.1) is 5.92 Å². The van der Waals surface area contributed by atoms with E-state index in [2.05, 4.69) is 19.0 Å². The molecule has 1 amide bonds. The standard InChI is InChI=1S/C16H24N2O3S/c1-17(2)9-13-8-16(21-10-13)11-18(5-6-20-12-16)15(19)14-4-3-7-22-14/h3-4,7,13H,5-6,8-12H2,1-2H3/t13-,16-/m1/s1. The van der Waals surface area contributed by atoms with Gasteiger partial charge in [0.2, 0.25) is 0 Å². The van der Waals surface area contributed by atoms with Gasteiger partial charge in [0, 0.05) is 13.1 Å². The molecule has 2 fully saturated rings. The van der Waals surface area contributed by atoms with Crippen LogP contribution in [0.1, 0.15) is 16.1 Å². The summed E-state index contributed by atoms with van der Waals surface area (Å²) in [5.74, 6) is 0.606. The molecule has 3 rings (SSSR count). The number of hydrogen-bond acceptors (Lipinski definition) is 5. The molecule has 0 aromatic carbocycles. The van der Waals surface area contributed by atoms with Gasteiger partial charge in [-0.3, -0.25) is 4.79 Å². The molecule has 1 aromatic rings. The van der Waals surface area contributed by atoms with Gasteiger partial charge in [-0.05, 0) is 37.9 Å². The lowest BCUT2D eigenvalue weighted by Gasteiger charge is -2.31. The zero-order valence-electron chi connectivity index (χ0n) is 13.3. The summed E-state index contributed by atoms with van der Waals surface area (Å²) in [4.78, 5) is 17.5. The van der Waals surface area contributed by atoms with Crippen LogP contribution >= 0.6 is 11.3 Å². The second kappa shape index (κ2) is 6.66. The number of ether oxygens (including phenoxy) is 2. The fourth-order valence-corrected chi connectivity index (χ4v) is 4.11. The first-order valence-corrected chi connectivity index (χ1v) is 8.65. The predicted molar refractivity (Wildman–Crippen MR) is 86.4 cm³/mol. The van der Waals surface area contributed by atoms with E-state index in [9.17, 15) is 4.79 Å². The molecule has 0 saturated carbocycles. The van der Waals surface area contributed by atoms with Crippen molar-refractivity contribution in [2.24, 2.45) is 5.92 Å². The summed E-state index contributed by atoms with van der Waals surface area (Å²) in [5.41, 5.74) is -0.329. The Labute approximate surface area is 135 Å². The van der Waals surface area contributed by atoms with Gasteiger partial charge in [0.15, 0.2) is 0 Å². The molecule has 122 valence electrons. The molecule has 1 aromatic heterocycles. The summed E-state index contributed by atoms with van der Waals surface area (Å²) in [6, 6.07) is 3.80. The molecule has 5 nitrogen and oxygen atoms in total. The number of carbonyl (C=O) groups excluding carboxylic acids is 1. The molecule has 2 atom stereocenters. The van der Waals surface area contributed by atoms with Crippen LogP contribution in [0.5, 0.6) is 0 Å². The van der Waals surface area contributed by atoms with Gasteiger partial charge >= 0.3 is 0 Å². The van der Waals surface area contributed by atoms with Crippen molar-refractivity contribution in [1.82, 2.24) is 9.80 Å². The van der Waals surface area contributed by atoms with Gasteiger partial charge in [-0.2, -0.15) is 0 Å². The van der Waals surface area contributed by atoms with Crippen LogP contribution in [0.3, 0.4) is 0 Å². The third-order valence-electron chi connectivity index (χ3n) is 4.28. The minimum absolute atomic E-state index is 0.0968. The summed E-state index contributed by atoms with van der Waals surface area (Å²) in [5, 5.41) is 1.94. The number of amides is 1. The van der Waals surface area contributed by atoms with Gasteiger partial charge in [0.05, 0.1) is 31.2 Å². The van der Waals surface area contributed by atoms with E-state index in [1.165, 1.54) is 11.3 Å². The summed E-state index contributed by atoms with van der Waals surface area (Å²) in [6.07, 6.45) is 0.958. The number of carbonyl (C=O) groups is 1.